The largest absolute Gasteiger partial charge is 0.450 e. The molecule has 118 valence electrons. The van der Waals surface area contributed by atoms with Crippen molar-refractivity contribution < 1.29 is 28.8 Å². The number of hydrogen-bond acceptors (Lipinski definition) is 6. The van der Waals surface area contributed by atoms with E-state index in [4.69, 9.17) is 4.74 Å². The van der Waals surface area contributed by atoms with E-state index in [1.54, 1.807) is 6.92 Å². The van der Waals surface area contributed by atoms with Crippen molar-refractivity contribution in [3.63, 3.8) is 0 Å². The Balaban J connectivity index is 2.49. The molecule has 2 amide bonds. The van der Waals surface area contributed by atoms with Gasteiger partial charge in [-0.1, -0.05) is 20.8 Å². The fraction of sp³-hybridized carbons (Fsp3) is 0.714. The van der Waals surface area contributed by atoms with Gasteiger partial charge in [0.2, 0.25) is 0 Å². The molecule has 0 N–H and O–H groups in total. The molecular formula is C14H21NO6. The first-order valence-corrected chi connectivity index (χ1v) is 7.00. The minimum atomic E-state index is -1.17. The third-order valence-corrected chi connectivity index (χ3v) is 3.04. The maximum absolute atomic E-state index is 11.8. The van der Waals surface area contributed by atoms with E-state index in [2.05, 4.69) is 4.84 Å². The predicted molar refractivity (Wildman–Crippen MR) is 71.4 cm³/mol. The quantitative estimate of drug-likeness (QED) is 0.541. The van der Waals surface area contributed by atoms with E-state index in [1.807, 2.05) is 13.8 Å². The lowest BCUT2D eigenvalue weighted by atomic mass is 9.99. The Morgan fingerprint density at radius 3 is 2.05 bits per heavy atom. The third-order valence-electron chi connectivity index (χ3n) is 3.04. The molecule has 1 heterocycles. The number of ether oxygens (including phenoxy) is 1. The molecule has 1 saturated heterocycles. The van der Waals surface area contributed by atoms with Gasteiger partial charge >= 0.3 is 11.9 Å². The summed E-state index contributed by atoms with van der Waals surface area (Å²) in [5.41, 5.74) is 0. The number of carbonyl (C=O) groups excluding carboxylic acids is 4. The SMILES string of the molecule is CC(C)C[C@H](C)C(=O)O[C@@H](C)C(=O)ON1C(=O)CCC1=O. The Hall–Kier alpha value is -1.92. The summed E-state index contributed by atoms with van der Waals surface area (Å²) in [5, 5.41) is 0.435. The number of imide groups is 1. The van der Waals surface area contributed by atoms with Crippen LogP contribution in [0.25, 0.3) is 0 Å². The average Bonchev–Trinajstić information content (AvgIpc) is 2.69. The van der Waals surface area contributed by atoms with Crippen LogP contribution in [0.5, 0.6) is 0 Å². The molecule has 7 heteroatoms. The molecule has 7 nitrogen and oxygen atoms in total. The number of hydrogen-bond donors (Lipinski definition) is 0. The lowest BCUT2D eigenvalue weighted by Gasteiger charge is -2.19. The first-order chi connectivity index (χ1) is 9.72. The van der Waals surface area contributed by atoms with Gasteiger partial charge in [-0.2, -0.15) is 0 Å². The van der Waals surface area contributed by atoms with Gasteiger partial charge in [-0.3, -0.25) is 14.4 Å². The number of hydroxylamine groups is 2. The Morgan fingerprint density at radius 1 is 1.05 bits per heavy atom. The van der Waals surface area contributed by atoms with E-state index in [1.165, 1.54) is 6.92 Å². The predicted octanol–water partition coefficient (Wildman–Crippen LogP) is 1.21. The van der Waals surface area contributed by atoms with Gasteiger partial charge in [0, 0.05) is 12.8 Å². The van der Waals surface area contributed by atoms with Crippen LogP contribution >= 0.6 is 0 Å². The van der Waals surface area contributed by atoms with Crippen LogP contribution in [0, 0.1) is 11.8 Å². The molecule has 0 unspecified atom stereocenters. The molecule has 1 rings (SSSR count). The summed E-state index contributed by atoms with van der Waals surface area (Å²) >= 11 is 0. The molecule has 0 aromatic heterocycles. The second-order valence-corrected chi connectivity index (χ2v) is 5.60. The summed E-state index contributed by atoms with van der Waals surface area (Å²) in [4.78, 5) is 50.8. The van der Waals surface area contributed by atoms with Crippen LogP contribution in [-0.4, -0.2) is 34.9 Å². The molecule has 1 aliphatic rings. The fourth-order valence-electron chi connectivity index (χ4n) is 1.96. The highest BCUT2D eigenvalue weighted by molar-refractivity contribution is 6.01. The molecule has 0 bridgehead atoms. The maximum atomic E-state index is 11.8. The number of esters is 1. The van der Waals surface area contributed by atoms with Gasteiger partial charge in [0.15, 0.2) is 6.10 Å². The van der Waals surface area contributed by atoms with E-state index in [-0.39, 0.29) is 18.8 Å². The zero-order chi connectivity index (χ0) is 16.2. The van der Waals surface area contributed by atoms with E-state index in [0.717, 1.165) is 0 Å². The topological polar surface area (TPSA) is 90.0 Å². The Labute approximate surface area is 123 Å². The van der Waals surface area contributed by atoms with Crippen LogP contribution in [0.1, 0.15) is 47.0 Å². The summed E-state index contributed by atoms with van der Waals surface area (Å²) in [7, 11) is 0. The van der Waals surface area contributed by atoms with E-state index in [9.17, 15) is 19.2 Å². The van der Waals surface area contributed by atoms with Crippen LogP contribution in [0.2, 0.25) is 0 Å². The van der Waals surface area contributed by atoms with Crippen molar-refractivity contribution in [2.45, 2.75) is 53.1 Å². The molecule has 1 aliphatic heterocycles. The lowest BCUT2D eigenvalue weighted by Crippen LogP contribution is -2.37. The summed E-state index contributed by atoms with van der Waals surface area (Å²) < 4.78 is 4.99. The highest BCUT2D eigenvalue weighted by Crippen LogP contribution is 2.15. The van der Waals surface area contributed by atoms with Crippen LogP contribution in [0.4, 0.5) is 0 Å². The second-order valence-electron chi connectivity index (χ2n) is 5.60. The van der Waals surface area contributed by atoms with Crippen LogP contribution in [0.3, 0.4) is 0 Å². The summed E-state index contributed by atoms with van der Waals surface area (Å²) in [6.07, 6.45) is -0.491. The van der Waals surface area contributed by atoms with Gasteiger partial charge < -0.3 is 9.57 Å². The van der Waals surface area contributed by atoms with Crippen molar-refractivity contribution in [3.8, 4) is 0 Å². The normalized spacial score (nSPS) is 17.9. The Bertz CT molecular complexity index is 429. The molecule has 0 saturated carbocycles. The molecule has 1 fully saturated rings. The summed E-state index contributed by atoms with van der Waals surface area (Å²) in [6, 6.07) is 0. The number of carbonyl (C=O) groups is 4. The molecule has 0 aromatic carbocycles. The van der Waals surface area contributed by atoms with Crippen molar-refractivity contribution in [2.75, 3.05) is 0 Å². The van der Waals surface area contributed by atoms with Gasteiger partial charge in [-0.25, -0.2) is 4.79 Å². The van der Waals surface area contributed by atoms with E-state index < -0.39 is 29.9 Å². The zero-order valence-electron chi connectivity index (χ0n) is 12.8. The summed E-state index contributed by atoms with van der Waals surface area (Å²) in [6.45, 7) is 7.01. The maximum Gasteiger partial charge on any atom is 0.373 e. The second kappa shape index (κ2) is 7.19. The third kappa shape index (κ3) is 4.84. The van der Waals surface area contributed by atoms with Crippen LogP contribution in [0.15, 0.2) is 0 Å². The van der Waals surface area contributed by atoms with Crippen LogP contribution in [-0.2, 0) is 28.8 Å². The summed E-state index contributed by atoms with van der Waals surface area (Å²) in [5.74, 6) is -2.60. The first-order valence-electron chi connectivity index (χ1n) is 7.00. The van der Waals surface area contributed by atoms with E-state index >= 15 is 0 Å². The number of nitrogens with zero attached hydrogens (tertiary/aromatic N) is 1. The minimum absolute atomic E-state index is 0.0195. The average molecular weight is 299 g/mol. The highest BCUT2D eigenvalue weighted by atomic mass is 16.7. The van der Waals surface area contributed by atoms with Gasteiger partial charge in [0.1, 0.15) is 0 Å². The van der Waals surface area contributed by atoms with Crippen LogP contribution < -0.4 is 0 Å². The van der Waals surface area contributed by atoms with Gasteiger partial charge in [-0.15, -0.1) is 5.06 Å². The molecule has 0 radical (unpaired) electrons. The van der Waals surface area contributed by atoms with Gasteiger partial charge in [0.25, 0.3) is 11.8 Å². The van der Waals surface area contributed by atoms with Crippen molar-refractivity contribution in [1.29, 1.82) is 0 Å². The lowest BCUT2D eigenvalue weighted by molar-refractivity contribution is -0.205. The number of amides is 2. The molecule has 2 atom stereocenters. The standard InChI is InChI=1S/C14H21NO6/c1-8(2)7-9(3)13(18)20-10(4)14(19)21-15-11(16)5-6-12(15)17/h8-10H,5-7H2,1-4H3/t9-,10-/m0/s1. The Morgan fingerprint density at radius 2 is 1.57 bits per heavy atom. The highest BCUT2D eigenvalue weighted by Gasteiger charge is 2.35. The monoisotopic (exact) mass is 299 g/mol. The fourth-order valence-corrected chi connectivity index (χ4v) is 1.96. The van der Waals surface area contributed by atoms with Gasteiger partial charge in [0.05, 0.1) is 5.92 Å². The minimum Gasteiger partial charge on any atom is -0.450 e. The smallest absolute Gasteiger partial charge is 0.373 e. The van der Waals surface area contributed by atoms with Gasteiger partial charge in [-0.05, 0) is 19.3 Å². The van der Waals surface area contributed by atoms with Crippen molar-refractivity contribution in [1.82, 2.24) is 5.06 Å². The molecular weight excluding hydrogens is 278 g/mol. The van der Waals surface area contributed by atoms with Crippen molar-refractivity contribution in [3.05, 3.63) is 0 Å². The molecule has 0 aliphatic carbocycles. The first kappa shape index (κ1) is 17.1. The molecule has 0 spiro atoms. The van der Waals surface area contributed by atoms with Crippen molar-refractivity contribution in [2.24, 2.45) is 11.8 Å². The van der Waals surface area contributed by atoms with E-state index in [0.29, 0.717) is 17.4 Å². The molecule has 0 aromatic rings. The number of rotatable bonds is 6. The zero-order valence-corrected chi connectivity index (χ0v) is 12.8. The van der Waals surface area contributed by atoms with Crippen molar-refractivity contribution >= 4 is 23.8 Å². The molecule has 21 heavy (non-hydrogen) atoms. The Kier molecular flexibility index (Phi) is 5.87.